The highest BCUT2D eigenvalue weighted by Gasteiger charge is 2.15. The van der Waals surface area contributed by atoms with Gasteiger partial charge in [-0.15, -0.1) is 0 Å². The summed E-state index contributed by atoms with van der Waals surface area (Å²) in [5, 5.41) is 34.3. The van der Waals surface area contributed by atoms with Gasteiger partial charge in [-0.05, 0) is 42.0 Å². The second kappa shape index (κ2) is 7.76. The average molecular weight is 356 g/mol. The number of hydrogen-bond donors (Lipinski definition) is 1. The van der Waals surface area contributed by atoms with Crippen molar-refractivity contribution in [2.75, 3.05) is 12.4 Å². The van der Waals surface area contributed by atoms with Crippen LogP contribution in [0.5, 0.6) is 11.5 Å². The lowest BCUT2D eigenvalue weighted by molar-refractivity contribution is -0.398. The first kappa shape index (κ1) is 18.4. The fourth-order valence-electron chi connectivity index (χ4n) is 2.03. The SMILES string of the molecule is COc1cc(/C=C(/C#N)C(=O)Nc2ccc(F)cc2)cc([N+](=O)[O-])c1[O-]. The molecule has 0 bridgehead atoms. The summed E-state index contributed by atoms with van der Waals surface area (Å²) in [4.78, 5) is 22.2. The van der Waals surface area contributed by atoms with Crippen molar-refractivity contribution in [3.8, 4) is 17.6 Å². The first-order chi connectivity index (χ1) is 12.3. The molecule has 0 aromatic heterocycles. The van der Waals surface area contributed by atoms with E-state index >= 15 is 0 Å². The van der Waals surface area contributed by atoms with Crippen LogP contribution in [0, 0.1) is 27.3 Å². The quantitative estimate of drug-likeness (QED) is 0.379. The largest absolute Gasteiger partial charge is 0.865 e. The van der Waals surface area contributed by atoms with E-state index < -0.39 is 28.1 Å². The number of carbonyl (C=O) groups is 1. The van der Waals surface area contributed by atoms with Gasteiger partial charge in [-0.1, -0.05) is 0 Å². The molecular weight excluding hydrogens is 345 g/mol. The van der Waals surface area contributed by atoms with Crippen LogP contribution in [-0.2, 0) is 4.79 Å². The number of amides is 1. The topological polar surface area (TPSA) is 128 Å². The summed E-state index contributed by atoms with van der Waals surface area (Å²) in [6.45, 7) is 0. The molecule has 1 amide bonds. The number of nitro benzene ring substituents is 1. The molecule has 2 rings (SSSR count). The van der Waals surface area contributed by atoms with Crippen LogP contribution < -0.4 is 15.2 Å². The third-order valence-electron chi connectivity index (χ3n) is 3.25. The summed E-state index contributed by atoms with van der Waals surface area (Å²) in [7, 11) is 1.17. The molecule has 8 nitrogen and oxygen atoms in total. The molecular formula is C17H11FN3O5-. The molecule has 0 radical (unpaired) electrons. The second-order valence-corrected chi connectivity index (χ2v) is 4.96. The fourth-order valence-corrected chi connectivity index (χ4v) is 2.03. The normalized spacial score (nSPS) is 10.7. The molecule has 0 saturated carbocycles. The van der Waals surface area contributed by atoms with E-state index in [1.807, 2.05) is 0 Å². The minimum atomic E-state index is -0.913. The summed E-state index contributed by atoms with van der Waals surface area (Å²) in [5.41, 5.74) is -0.786. The van der Waals surface area contributed by atoms with E-state index in [1.54, 1.807) is 6.07 Å². The Balaban J connectivity index is 2.37. The molecule has 0 fully saturated rings. The number of hydrogen-bond acceptors (Lipinski definition) is 6. The minimum Gasteiger partial charge on any atom is -0.865 e. The summed E-state index contributed by atoms with van der Waals surface area (Å²) in [6.07, 6.45) is 1.08. The van der Waals surface area contributed by atoms with Gasteiger partial charge in [0, 0.05) is 17.5 Å². The van der Waals surface area contributed by atoms with Crippen molar-refractivity contribution in [3.63, 3.8) is 0 Å². The van der Waals surface area contributed by atoms with Gasteiger partial charge in [-0.25, -0.2) is 4.39 Å². The Labute approximate surface area is 146 Å². The molecule has 0 aliphatic heterocycles. The van der Waals surface area contributed by atoms with Crippen LogP contribution in [-0.4, -0.2) is 17.9 Å². The van der Waals surface area contributed by atoms with Gasteiger partial charge in [-0.2, -0.15) is 5.26 Å². The van der Waals surface area contributed by atoms with E-state index in [-0.39, 0.29) is 22.6 Å². The Morgan fingerprint density at radius 1 is 1.35 bits per heavy atom. The number of ether oxygens (including phenoxy) is 1. The zero-order valence-corrected chi connectivity index (χ0v) is 13.4. The smallest absolute Gasteiger partial charge is 0.266 e. The number of methoxy groups -OCH3 is 1. The molecule has 26 heavy (non-hydrogen) atoms. The third-order valence-corrected chi connectivity index (χ3v) is 3.25. The molecule has 0 atom stereocenters. The van der Waals surface area contributed by atoms with Crippen molar-refractivity contribution in [3.05, 3.63) is 63.5 Å². The highest BCUT2D eigenvalue weighted by atomic mass is 19.1. The standard InChI is InChI=1S/C17H12FN3O5/c1-26-15-8-10(7-14(16(15)22)21(24)25)6-11(9-19)17(23)20-13-4-2-12(18)3-5-13/h2-8,22H,1H3,(H,20,23)/p-1/b11-6-. The molecule has 9 heteroatoms. The maximum Gasteiger partial charge on any atom is 0.266 e. The molecule has 2 aromatic rings. The lowest BCUT2D eigenvalue weighted by atomic mass is 10.1. The second-order valence-electron chi connectivity index (χ2n) is 4.96. The molecule has 1 N–H and O–H groups in total. The predicted octanol–water partition coefficient (Wildman–Crippen LogP) is 2.36. The first-order valence-electron chi connectivity index (χ1n) is 7.08. The molecule has 0 aliphatic rings. The first-order valence-corrected chi connectivity index (χ1v) is 7.08. The number of nitriles is 1. The summed E-state index contributed by atoms with van der Waals surface area (Å²) >= 11 is 0. The summed E-state index contributed by atoms with van der Waals surface area (Å²) < 4.78 is 17.7. The Kier molecular flexibility index (Phi) is 5.49. The molecule has 0 spiro atoms. The predicted molar refractivity (Wildman–Crippen MR) is 87.7 cm³/mol. The molecule has 0 heterocycles. The van der Waals surface area contributed by atoms with Gasteiger partial charge >= 0.3 is 0 Å². The van der Waals surface area contributed by atoms with Crippen LogP contribution in [0.1, 0.15) is 5.56 Å². The van der Waals surface area contributed by atoms with Crippen LogP contribution in [0.25, 0.3) is 6.08 Å². The lowest BCUT2D eigenvalue weighted by Gasteiger charge is -2.13. The average Bonchev–Trinajstić information content (AvgIpc) is 2.62. The number of anilines is 1. The highest BCUT2D eigenvalue weighted by Crippen LogP contribution is 2.35. The maximum absolute atomic E-state index is 12.9. The molecule has 0 saturated heterocycles. The molecule has 0 aliphatic carbocycles. The minimum absolute atomic E-state index is 0.0685. The van der Waals surface area contributed by atoms with Gasteiger partial charge in [0.05, 0.1) is 12.0 Å². The van der Waals surface area contributed by atoms with Gasteiger partial charge in [0.25, 0.3) is 11.6 Å². The number of nitrogens with zero attached hydrogens (tertiary/aromatic N) is 2. The summed E-state index contributed by atoms with van der Waals surface area (Å²) in [5.74, 6) is -2.49. The van der Waals surface area contributed by atoms with Crippen LogP contribution >= 0.6 is 0 Å². The van der Waals surface area contributed by atoms with E-state index in [4.69, 9.17) is 4.74 Å². The molecule has 0 unspecified atom stereocenters. The van der Waals surface area contributed by atoms with E-state index in [9.17, 15) is 29.7 Å². The van der Waals surface area contributed by atoms with Crippen molar-refractivity contribution in [1.82, 2.24) is 0 Å². The number of rotatable bonds is 5. The van der Waals surface area contributed by atoms with E-state index in [0.29, 0.717) is 0 Å². The van der Waals surface area contributed by atoms with E-state index in [1.165, 1.54) is 25.3 Å². The number of benzene rings is 2. The lowest BCUT2D eigenvalue weighted by Crippen LogP contribution is -2.13. The van der Waals surface area contributed by atoms with Gasteiger partial charge in [-0.3, -0.25) is 14.9 Å². The van der Waals surface area contributed by atoms with Crippen molar-refractivity contribution in [2.24, 2.45) is 0 Å². The van der Waals surface area contributed by atoms with Gasteiger partial charge in [0.15, 0.2) is 0 Å². The Morgan fingerprint density at radius 3 is 2.54 bits per heavy atom. The number of carbonyl (C=O) groups excluding carboxylic acids is 1. The van der Waals surface area contributed by atoms with Gasteiger partial charge in [0.1, 0.15) is 23.2 Å². The van der Waals surface area contributed by atoms with Crippen LogP contribution in [0.2, 0.25) is 0 Å². The van der Waals surface area contributed by atoms with Crippen molar-refractivity contribution >= 4 is 23.4 Å². The van der Waals surface area contributed by atoms with Crippen molar-refractivity contribution in [2.45, 2.75) is 0 Å². The Morgan fingerprint density at radius 2 is 2.00 bits per heavy atom. The molecule has 2 aromatic carbocycles. The van der Waals surface area contributed by atoms with Crippen LogP contribution in [0.3, 0.4) is 0 Å². The third kappa shape index (κ3) is 4.12. The van der Waals surface area contributed by atoms with Crippen LogP contribution in [0.4, 0.5) is 15.8 Å². The Hall–Kier alpha value is -3.93. The maximum atomic E-state index is 12.9. The fraction of sp³-hybridized carbons (Fsp3) is 0.0588. The van der Waals surface area contributed by atoms with E-state index in [0.717, 1.165) is 24.3 Å². The number of nitro groups is 1. The van der Waals surface area contributed by atoms with Crippen molar-refractivity contribution < 1.29 is 24.0 Å². The Bertz CT molecular complexity index is 933. The van der Waals surface area contributed by atoms with Crippen LogP contribution in [0.15, 0.2) is 42.0 Å². The van der Waals surface area contributed by atoms with Gasteiger partial charge in [0.2, 0.25) is 0 Å². The van der Waals surface area contributed by atoms with E-state index in [2.05, 4.69) is 5.32 Å². The summed E-state index contributed by atoms with van der Waals surface area (Å²) in [6, 6.07) is 8.66. The molecule has 132 valence electrons. The van der Waals surface area contributed by atoms with Crippen molar-refractivity contribution in [1.29, 1.82) is 5.26 Å². The monoisotopic (exact) mass is 356 g/mol. The zero-order chi connectivity index (χ0) is 19.3. The highest BCUT2D eigenvalue weighted by molar-refractivity contribution is 6.09. The number of nitrogens with one attached hydrogen (secondary N) is 1. The van der Waals surface area contributed by atoms with Gasteiger partial charge < -0.3 is 15.2 Å². The zero-order valence-electron chi connectivity index (χ0n) is 13.4. The number of halogens is 1.